The molecule has 68 valence electrons. The molecule has 2 nitrogen and oxygen atoms in total. The van der Waals surface area contributed by atoms with Crippen molar-refractivity contribution in [2.75, 3.05) is 0 Å². The first kappa shape index (κ1) is 8.24. The molecule has 12 heavy (non-hydrogen) atoms. The van der Waals surface area contributed by atoms with Crippen molar-refractivity contribution in [3.8, 4) is 0 Å². The van der Waals surface area contributed by atoms with E-state index in [9.17, 15) is 4.79 Å². The number of hydrogen-bond acceptors (Lipinski definition) is 2. The summed E-state index contributed by atoms with van der Waals surface area (Å²) in [6, 6.07) is 0. The number of fused-ring (bicyclic) bond motifs is 1. The van der Waals surface area contributed by atoms with Gasteiger partial charge in [-0.05, 0) is 31.1 Å². The monoisotopic (exact) mass is 168 g/mol. The van der Waals surface area contributed by atoms with Crippen molar-refractivity contribution in [3.63, 3.8) is 0 Å². The molecule has 2 fully saturated rings. The van der Waals surface area contributed by atoms with Gasteiger partial charge >= 0.3 is 0 Å². The summed E-state index contributed by atoms with van der Waals surface area (Å²) in [6.07, 6.45) is 6.37. The molecule has 1 saturated carbocycles. The van der Waals surface area contributed by atoms with Gasteiger partial charge in [0.2, 0.25) is 0 Å². The average molecular weight is 168 g/mol. The molecule has 4 atom stereocenters. The second-order valence-corrected chi connectivity index (χ2v) is 4.17. The highest BCUT2D eigenvalue weighted by Gasteiger charge is 2.46. The van der Waals surface area contributed by atoms with Crippen molar-refractivity contribution in [1.29, 1.82) is 0 Å². The molecule has 0 aromatic carbocycles. The van der Waals surface area contributed by atoms with Crippen molar-refractivity contribution >= 4 is 6.29 Å². The summed E-state index contributed by atoms with van der Waals surface area (Å²) >= 11 is 0. The number of epoxide rings is 1. The predicted molar refractivity (Wildman–Crippen MR) is 45.8 cm³/mol. The van der Waals surface area contributed by atoms with Crippen LogP contribution < -0.4 is 0 Å². The highest BCUT2D eigenvalue weighted by atomic mass is 16.6. The van der Waals surface area contributed by atoms with Crippen molar-refractivity contribution in [2.45, 2.75) is 44.8 Å². The molecule has 1 aliphatic heterocycles. The van der Waals surface area contributed by atoms with Gasteiger partial charge in [0.1, 0.15) is 6.29 Å². The molecule has 1 aliphatic carbocycles. The first-order valence-corrected chi connectivity index (χ1v) is 4.90. The van der Waals surface area contributed by atoms with Crippen LogP contribution in [-0.2, 0) is 9.53 Å². The van der Waals surface area contributed by atoms with E-state index in [0.717, 1.165) is 31.0 Å². The Morgan fingerprint density at radius 1 is 1.42 bits per heavy atom. The normalized spacial score (nSPS) is 45.1. The number of carbonyl (C=O) groups is 1. The first-order valence-electron chi connectivity index (χ1n) is 4.90. The highest BCUT2D eigenvalue weighted by molar-refractivity contribution is 5.49. The topological polar surface area (TPSA) is 29.6 Å². The maximum atomic E-state index is 10.2. The van der Waals surface area contributed by atoms with Crippen LogP contribution in [0.25, 0.3) is 0 Å². The zero-order chi connectivity index (χ0) is 8.55. The van der Waals surface area contributed by atoms with E-state index in [1.807, 2.05) is 0 Å². The lowest BCUT2D eigenvalue weighted by molar-refractivity contribution is -0.108. The fraction of sp³-hybridized carbons (Fsp3) is 0.900. The Morgan fingerprint density at radius 2 is 2.17 bits per heavy atom. The van der Waals surface area contributed by atoms with Crippen LogP contribution in [0, 0.1) is 11.8 Å². The largest absolute Gasteiger partial charge is 0.370 e. The van der Waals surface area contributed by atoms with E-state index in [-0.39, 0.29) is 0 Å². The lowest BCUT2D eigenvalue weighted by atomic mass is 9.78. The quantitative estimate of drug-likeness (QED) is 0.475. The summed E-state index contributed by atoms with van der Waals surface area (Å²) in [7, 11) is 0. The molecule has 2 rings (SSSR count). The van der Waals surface area contributed by atoms with Crippen LogP contribution in [0.5, 0.6) is 0 Å². The lowest BCUT2D eigenvalue weighted by Crippen LogP contribution is -2.22. The van der Waals surface area contributed by atoms with Crippen molar-refractivity contribution in [1.82, 2.24) is 0 Å². The van der Waals surface area contributed by atoms with Crippen LogP contribution in [0.3, 0.4) is 0 Å². The van der Waals surface area contributed by atoms with Crippen LogP contribution >= 0.6 is 0 Å². The van der Waals surface area contributed by atoms with Crippen molar-refractivity contribution in [2.24, 2.45) is 11.8 Å². The van der Waals surface area contributed by atoms with Crippen molar-refractivity contribution in [3.05, 3.63) is 0 Å². The lowest BCUT2D eigenvalue weighted by Gasteiger charge is -2.25. The van der Waals surface area contributed by atoms with E-state index in [1.165, 1.54) is 12.8 Å². The minimum absolute atomic E-state index is 0.554. The van der Waals surface area contributed by atoms with Gasteiger partial charge in [0.15, 0.2) is 0 Å². The van der Waals surface area contributed by atoms with Crippen LogP contribution in [-0.4, -0.2) is 18.5 Å². The number of ether oxygens (including phenoxy) is 1. The zero-order valence-corrected chi connectivity index (χ0v) is 7.53. The van der Waals surface area contributed by atoms with Crippen LogP contribution in [0.1, 0.15) is 32.6 Å². The Bertz CT molecular complexity index is 179. The fourth-order valence-electron chi connectivity index (χ4n) is 2.37. The predicted octanol–water partition coefficient (Wildman–Crippen LogP) is 1.78. The molecule has 2 heteroatoms. The Hall–Kier alpha value is -0.370. The minimum atomic E-state index is 0.554. The third-order valence-corrected chi connectivity index (χ3v) is 3.29. The molecular formula is C10H16O2. The molecule has 0 radical (unpaired) electrons. The summed E-state index contributed by atoms with van der Waals surface area (Å²) in [4.78, 5) is 10.2. The molecule has 0 N–H and O–H groups in total. The number of rotatable bonds is 3. The maximum absolute atomic E-state index is 10.2. The van der Waals surface area contributed by atoms with Gasteiger partial charge in [-0.1, -0.05) is 6.92 Å². The fourth-order valence-corrected chi connectivity index (χ4v) is 2.37. The zero-order valence-electron chi connectivity index (χ0n) is 7.53. The van der Waals surface area contributed by atoms with Gasteiger partial charge in [-0.3, -0.25) is 0 Å². The summed E-state index contributed by atoms with van der Waals surface area (Å²) in [5.41, 5.74) is 0. The number of aldehydes is 1. The van der Waals surface area contributed by atoms with E-state index >= 15 is 0 Å². The van der Waals surface area contributed by atoms with E-state index in [4.69, 9.17) is 4.74 Å². The van der Waals surface area contributed by atoms with Gasteiger partial charge < -0.3 is 9.53 Å². The Morgan fingerprint density at radius 3 is 2.92 bits per heavy atom. The maximum Gasteiger partial charge on any atom is 0.120 e. The first-order chi connectivity index (χ1) is 5.81. The molecule has 0 spiro atoms. The van der Waals surface area contributed by atoms with Gasteiger partial charge in [-0.25, -0.2) is 0 Å². The minimum Gasteiger partial charge on any atom is -0.370 e. The molecule has 1 saturated heterocycles. The Balaban J connectivity index is 1.82. The molecule has 0 aromatic heterocycles. The Labute approximate surface area is 73.3 Å². The van der Waals surface area contributed by atoms with E-state index in [0.29, 0.717) is 12.2 Å². The number of carbonyl (C=O) groups excluding carboxylic acids is 1. The summed E-state index contributed by atoms with van der Waals surface area (Å²) in [5, 5.41) is 0. The van der Waals surface area contributed by atoms with Crippen LogP contribution in [0.2, 0.25) is 0 Å². The standard InChI is InChI=1S/C10H16O2/c1-7-5-9-10(12-9)6-8(7)3-2-4-11/h4,7-10H,2-3,5-6H2,1H3. The summed E-state index contributed by atoms with van der Waals surface area (Å²) in [6.45, 7) is 2.29. The van der Waals surface area contributed by atoms with Gasteiger partial charge in [-0.15, -0.1) is 0 Å². The van der Waals surface area contributed by atoms with Crippen LogP contribution in [0.15, 0.2) is 0 Å². The van der Waals surface area contributed by atoms with E-state index < -0.39 is 0 Å². The molecule has 0 bridgehead atoms. The third-order valence-electron chi connectivity index (χ3n) is 3.29. The summed E-state index contributed by atoms with van der Waals surface area (Å²) in [5.74, 6) is 1.49. The van der Waals surface area contributed by atoms with Crippen LogP contribution in [0.4, 0.5) is 0 Å². The van der Waals surface area contributed by atoms with Gasteiger partial charge in [-0.2, -0.15) is 0 Å². The molecule has 0 aromatic rings. The van der Waals surface area contributed by atoms with Crippen molar-refractivity contribution < 1.29 is 9.53 Å². The summed E-state index contributed by atoms with van der Waals surface area (Å²) < 4.78 is 5.47. The molecular weight excluding hydrogens is 152 g/mol. The third kappa shape index (κ3) is 1.53. The SMILES string of the molecule is CC1CC2OC2CC1CCC=O. The van der Waals surface area contributed by atoms with E-state index in [1.54, 1.807) is 0 Å². The highest BCUT2D eigenvalue weighted by Crippen LogP contribution is 2.43. The van der Waals surface area contributed by atoms with E-state index in [2.05, 4.69) is 6.92 Å². The molecule has 4 unspecified atom stereocenters. The van der Waals surface area contributed by atoms with Gasteiger partial charge in [0.05, 0.1) is 12.2 Å². The molecule has 1 heterocycles. The number of hydrogen-bond donors (Lipinski definition) is 0. The smallest absolute Gasteiger partial charge is 0.120 e. The molecule has 0 amide bonds. The van der Waals surface area contributed by atoms with Gasteiger partial charge in [0.25, 0.3) is 0 Å². The molecule has 2 aliphatic rings. The Kier molecular flexibility index (Phi) is 2.18. The second kappa shape index (κ2) is 3.17. The van der Waals surface area contributed by atoms with Gasteiger partial charge in [0, 0.05) is 6.42 Å². The second-order valence-electron chi connectivity index (χ2n) is 4.17. The average Bonchev–Trinajstić information content (AvgIpc) is 2.78.